The van der Waals surface area contributed by atoms with E-state index in [0.717, 1.165) is 44.1 Å². The second-order valence-electron chi connectivity index (χ2n) is 3.95. The van der Waals surface area contributed by atoms with Gasteiger partial charge in [0.05, 0.1) is 0 Å². The van der Waals surface area contributed by atoms with Crippen LogP contribution in [0.1, 0.15) is 52.4 Å². The summed E-state index contributed by atoms with van der Waals surface area (Å²) in [5.74, 6) is 0.388. The number of Topliss-reactive ketones (excluding diaryl/α,β-unsaturated/α-hetero) is 1. The van der Waals surface area contributed by atoms with Crippen molar-refractivity contribution in [3.05, 3.63) is 23.3 Å². The number of ketones is 1. The molecule has 0 bridgehead atoms. The molecule has 0 atom stereocenters. The lowest BCUT2D eigenvalue weighted by molar-refractivity contribution is -0.116. The van der Waals surface area contributed by atoms with Crippen LogP contribution in [-0.4, -0.2) is 5.78 Å². The summed E-state index contributed by atoms with van der Waals surface area (Å²) >= 11 is 0. The molecule has 0 unspecified atom stereocenters. The van der Waals surface area contributed by atoms with Crippen LogP contribution in [0.5, 0.6) is 0 Å². The molecule has 0 saturated heterocycles. The van der Waals surface area contributed by atoms with Gasteiger partial charge in [0, 0.05) is 6.42 Å². The van der Waals surface area contributed by atoms with E-state index >= 15 is 0 Å². The molecule has 1 aliphatic carbocycles. The van der Waals surface area contributed by atoms with Gasteiger partial charge in [0.25, 0.3) is 0 Å². The first-order chi connectivity index (χ1) is 6.75. The van der Waals surface area contributed by atoms with Crippen molar-refractivity contribution < 1.29 is 4.79 Å². The highest BCUT2D eigenvalue weighted by atomic mass is 16.1. The van der Waals surface area contributed by atoms with Crippen molar-refractivity contribution in [1.82, 2.24) is 0 Å². The number of carbonyl (C=O) groups is 1. The number of hydrogen-bond acceptors (Lipinski definition) is 1. The van der Waals surface area contributed by atoms with Gasteiger partial charge in [0.1, 0.15) is 0 Å². The predicted molar refractivity (Wildman–Crippen MR) is 60.2 cm³/mol. The van der Waals surface area contributed by atoms with E-state index < -0.39 is 0 Å². The van der Waals surface area contributed by atoms with Crippen molar-refractivity contribution >= 4 is 5.78 Å². The molecule has 1 aliphatic rings. The molecule has 0 aromatic carbocycles. The maximum absolute atomic E-state index is 11.6. The van der Waals surface area contributed by atoms with E-state index in [1.165, 1.54) is 5.57 Å². The van der Waals surface area contributed by atoms with Crippen LogP contribution in [0.4, 0.5) is 0 Å². The summed E-state index contributed by atoms with van der Waals surface area (Å²) in [6.45, 7) is 4.24. The smallest absolute Gasteiger partial charge is 0.158 e. The molecule has 1 heteroatoms. The van der Waals surface area contributed by atoms with Crippen LogP contribution < -0.4 is 0 Å². The van der Waals surface area contributed by atoms with Gasteiger partial charge in [-0.3, -0.25) is 4.79 Å². The molecule has 0 aromatic rings. The summed E-state index contributed by atoms with van der Waals surface area (Å²) in [5.41, 5.74) is 2.43. The Morgan fingerprint density at radius 1 is 1.29 bits per heavy atom. The standard InChI is InChI=1S/C13H20O/c1-3-4-5-6-9-12-11(2)8-7-10-13(12)14/h4-5H,3,6-10H2,1-2H3/b5-4+. The fourth-order valence-electron chi connectivity index (χ4n) is 1.92. The van der Waals surface area contributed by atoms with Gasteiger partial charge >= 0.3 is 0 Å². The molecule has 1 nitrogen and oxygen atoms in total. The van der Waals surface area contributed by atoms with E-state index in [9.17, 15) is 4.79 Å². The SMILES string of the molecule is CC/C=C/CCC1=C(C)CCCC1=O. The molecular formula is C13H20O. The number of hydrogen-bond donors (Lipinski definition) is 0. The third-order valence-corrected chi connectivity index (χ3v) is 2.77. The Bertz CT molecular complexity index is 258. The molecule has 0 aliphatic heterocycles. The van der Waals surface area contributed by atoms with Gasteiger partial charge < -0.3 is 0 Å². The minimum absolute atomic E-state index is 0.388. The van der Waals surface area contributed by atoms with E-state index in [1.54, 1.807) is 0 Å². The summed E-state index contributed by atoms with van der Waals surface area (Å²) in [5, 5.41) is 0. The highest BCUT2D eigenvalue weighted by Crippen LogP contribution is 2.24. The zero-order valence-corrected chi connectivity index (χ0v) is 9.31. The maximum atomic E-state index is 11.6. The van der Waals surface area contributed by atoms with E-state index in [-0.39, 0.29) is 0 Å². The summed E-state index contributed by atoms with van der Waals surface area (Å²) < 4.78 is 0. The molecule has 0 N–H and O–H groups in total. The van der Waals surface area contributed by atoms with Gasteiger partial charge in [-0.1, -0.05) is 24.6 Å². The van der Waals surface area contributed by atoms with Crippen molar-refractivity contribution in [3.8, 4) is 0 Å². The van der Waals surface area contributed by atoms with E-state index in [2.05, 4.69) is 26.0 Å². The zero-order chi connectivity index (χ0) is 10.4. The lowest BCUT2D eigenvalue weighted by Gasteiger charge is -2.15. The van der Waals surface area contributed by atoms with Crippen molar-refractivity contribution in [2.24, 2.45) is 0 Å². The number of allylic oxidation sites excluding steroid dienone is 4. The van der Waals surface area contributed by atoms with E-state index in [1.807, 2.05) is 0 Å². The summed E-state index contributed by atoms with van der Waals surface area (Å²) in [6.07, 6.45) is 10.4. The van der Waals surface area contributed by atoms with Gasteiger partial charge in [0.15, 0.2) is 5.78 Å². The van der Waals surface area contributed by atoms with E-state index in [0.29, 0.717) is 5.78 Å². The van der Waals surface area contributed by atoms with Crippen molar-refractivity contribution in [3.63, 3.8) is 0 Å². The lowest BCUT2D eigenvalue weighted by atomic mass is 9.89. The van der Waals surface area contributed by atoms with Gasteiger partial charge in [-0.05, 0) is 44.6 Å². The average Bonchev–Trinajstić information content (AvgIpc) is 2.16. The minimum atomic E-state index is 0.388. The Hall–Kier alpha value is -0.850. The maximum Gasteiger partial charge on any atom is 0.158 e. The average molecular weight is 192 g/mol. The Morgan fingerprint density at radius 3 is 2.71 bits per heavy atom. The Labute approximate surface area is 86.9 Å². The lowest BCUT2D eigenvalue weighted by Crippen LogP contribution is -2.10. The minimum Gasteiger partial charge on any atom is -0.295 e. The monoisotopic (exact) mass is 192 g/mol. The third-order valence-electron chi connectivity index (χ3n) is 2.77. The van der Waals surface area contributed by atoms with Crippen LogP contribution in [0.2, 0.25) is 0 Å². The van der Waals surface area contributed by atoms with Crippen molar-refractivity contribution in [2.75, 3.05) is 0 Å². The molecule has 0 amide bonds. The predicted octanol–water partition coefficient (Wildman–Crippen LogP) is 3.80. The number of carbonyl (C=O) groups excluding carboxylic acids is 1. The Morgan fingerprint density at radius 2 is 2.07 bits per heavy atom. The fourth-order valence-corrected chi connectivity index (χ4v) is 1.92. The van der Waals surface area contributed by atoms with Gasteiger partial charge in [-0.15, -0.1) is 0 Å². The van der Waals surface area contributed by atoms with Crippen LogP contribution in [0.25, 0.3) is 0 Å². The molecule has 0 aromatic heterocycles. The number of rotatable bonds is 4. The fraction of sp³-hybridized carbons (Fsp3) is 0.615. The van der Waals surface area contributed by atoms with E-state index in [4.69, 9.17) is 0 Å². The highest BCUT2D eigenvalue weighted by Gasteiger charge is 2.16. The highest BCUT2D eigenvalue weighted by molar-refractivity contribution is 5.96. The topological polar surface area (TPSA) is 17.1 Å². The first-order valence-corrected chi connectivity index (χ1v) is 5.62. The first kappa shape index (κ1) is 11.2. The first-order valence-electron chi connectivity index (χ1n) is 5.62. The van der Waals surface area contributed by atoms with Crippen molar-refractivity contribution in [1.29, 1.82) is 0 Å². The Balaban J connectivity index is 2.48. The van der Waals surface area contributed by atoms with Gasteiger partial charge in [0.2, 0.25) is 0 Å². The summed E-state index contributed by atoms with van der Waals surface area (Å²) in [6, 6.07) is 0. The molecule has 0 heterocycles. The molecule has 78 valence electrons. The zero-order valence-electron chi connectivity index (χ0n) is 9.31. The van der Waals surface area contributed by atoms with Crippen LogP contribution in [0.3, 0.4) is 0 Å². The largest absolute Gasteiger partial charge is 0.295 e. The van der Waals surface area contributed by atoms with Gasteiger partial charge in [-0.2, -0.15) is 0 Å². The quantitative estimate of drug-likeness (QED) is 0.619. The second kappa shape index (κ2) is 5.79. The molecule has 1 rings (SSSR count). The second-order valence-corrected chi connectivity index (χ2v) is 3.95. The molecular weight excluding hydrogens is 172 g/mol. The Kier molecular flexibility index (Phi) is 4.64. The molecule has 0 radical (unpaired) electrons. The molecule has 14 heavy (non-hydrogen) atoms. The summed E-state index contributed by atoms with van der Waals surface area (Å²) in [4.78, 5) is 11.6. The van der Waals surface area contributed by atoms with Gasteiger partial charge in [-0.25, -0.2) is 0 Å². The van der Waals surface area contributed by atoms with Crippen LogP contribution in [0, 0.1) is 0 Å². The molecule has 0 saturated carbocycles. The van der Waals surface area contributed by atoms with Crippen molar-refractivity contribution in [2.45, 2.75) is 52.4 Å². The van der Waals surface area contributed by atoms with Crippen LogP contribution in [-0.2, 0) is 4.79 Å². The van der Waals surface area contributed by atoms with Crippen LogP contribution in [0.15, 0.2) is 23.3 Å². The molecule has 0 spiro atoms. The summed E-state index contributed by atoms with van der Waals surface area (Å²) in [7, 11) is 0. The third kappa shape index (κ3) is 3.13. The van der Waals surface area contributed by atoms with Crippen LogP contribution >= 0.6 is 0 Å². The normalized spacial score (nSPS) is 18.3. The molecule has 0 fully saturated rings.